The van der Waals surface area contributed by atoms with E-state index >= 15 is 4.57 Å². The molecule has 2 heterocycles. The zero-order valence-electron chi connectivity index (χ0n) is 28.6. The number of pyridine rings is 1. The second-order valence-electron chi connectivity index (χ2n) is 13.8. The van der Waals surface area contributed by atoms with Gasteiger partial charge in [-0.3, -0.25) is 4.40 Å². The number of nitrogens with zero attached hydrogens (tertiary/aromatic N) is 2. The first-order chi connectivity index (χ1) is 26.2. The number of hydrogen-bond donors (Lipinski definition) is 0. The molecule has 4 heteroatoms. The van der Waals surface area contributed by atoms with Gasteiger partial charge in [0.25, 0.3) is 0 Å². The quantitative estimate of drug-likeness (QED) is 0.104. The van der Waals surface area contributed by atoms with E-state index in [0.29, 0.717) is 0 Å². The Hall–Kier alpha value is -6.54. The van der Waals surface area contributed by atoms with Crippen LogP contribution in [0.4, 0.5) is 0 Å². The fourth-order valence-electron chi connectivity index (χ4n) is 8.71. The Morgan fingerprint density at radius 1 is 0.434 bits per heavy atom. The molecule has 9 aromatic carbocycles. The molecule has 0 spiro atoms. The van der Waals surface area contributed by atoms with Crippen molar-refractivity contribution in [1.29, 1.82) is 0 Å². The molecule has 11 aromatic rings. The van der Waals surface area contributed by atoms with Gasteiger partial charge in [0.2, 0.25) is 0 Å². The highest BCUT2D eigenvalue weighted by atomic mass is 31.2. The molecule has 0 fully saturated rings. The maximum atomic E-state index is 16.1. The van der Waals surface area contributed by atoms with Gasteiger partial charge in [0.15, 0.2) is 7.14 Å². The van der Waals surface area contributed by atoms with Crippen LogP contribution in [0.15, 0.2) is 188 Å². The van der Waals surface area contributed by atoms with E-state index in [1.165, 1.54) is 21.5 Å². The van der Waals surface area contributed by atoms with Crippen LogP contribution < -0.4 is 15.9 Å². The van der Waals surface area contributed by atoms with Gasteiger partial charge in [0.05, 0.1) is 16.6 Å². The van der Waals surface area contributed by atoms with Crippen molar-refractivity contribution in [2.45, 2.75) is 0 Å². The number of imidazole rings is 1. The lowest BCUT2D eigenvalue weighted by atomic mass is 9.91. The molecule has 0 aliphatic heterocycles. The van der Waals surface area contributed by atoms with E-state index in [1.54, 1.807) is 0 Å². The summed E-state index contributed by atoms with van der Waals surface area (Å²) in [5, 5.41) is 12.6. The standard InChI is InChI=1S/C49H31N2OP/c52-53(34-16-3-1-4-17-34,35-18-5-2-6-19-35)48-41-23-11-9-21-38(41)46(39-22-10-12-24-42(39)48)33-28-29-37-40-30-27-32-15-7-8-20-36(32)47(40)49-50-43-25-13-14-26-44(43)51(49)45(37)31-33/h1-31H. The molecular weight excluding hydrogens is 664 g/mol. The summed E-state index contributed by atoms with van der Waals surface area (Å²) in [5.74, 6) is 0. The zero-order valence-corrected chi connectivity index (χ0v) is 29.5. The highest BCUT2D eigenvalue weighted by molar-refractivity contribution is 7.86. The smallest absolute Gasteiger partial charge is 0.172 e. The Labute approximate surface area is 305 Å². The van der Waals surface area contributed by atoms with E-state index in [0.717, 1.165) is 76.2 Å². The Kier molecular flexibility index (Phi) is 6.53. The molecule has 0 radical (unpaired) electrons. The summed E-state index contributed by atoms with van der Waals surface area (Å²) in [7, 11) is -3.33. The lowest BCUT2D eigenvalue weighted by Crippen LogP contribution is -2.26. The lowest BCUT2D eigenvalue weighted by Gasteiger charge is -2.25. The first-order valence-corrected chi connectivity index (χ1v) is 19.7. The van der Waals surface area contributed by atoms with Crippen LogP contribution in [-0.2, 0) is 4.57 Å². The van der Waals surface area contributed by atoms with Crippen molar-refractivity contribution in [3.05, 3.63) is 188 Å². The molecule has 11 rings (SSSR count). The van der Waals surface area contributed by atoms with Crippen molar-refractivity contribution in [3.8, 4) is 11.1 Å². The summed E-state index contributed by atoms with van der Waals surface area (Å²) in [6.07, 6.45) is 0. The summed E-state index contributed by atoms with van der Waals surface area (Å²) in [5.41, 5.74) is 6.34. The second-order valence-corrected chi connectivity index (χ2v) is 16.5. The van der Waals surface area contributed by atoms with E-state index in [-0.39, 0.29) is 0 Å². The highest BCUT2D eigenvalue weighted by Crippen LogP contribution is 2.49. The minimum absolute atomic E-state index is 0.828. The van der Waals surface area contributed by atoms with Crippen LogP contribution in [0.5, 0.6) is 0 Å². The van der Waals surface area contributed by atoms with Gasteiger partial charge in [-0.25, -0.2) is 4.98 Å². The van der Waals surface area contributed by atoms with Crippen molar-refractivity contribution in [2.75, 3.05) is 0 Å². The number of hydrogen-bond acceptors (Lipinski definition) is 2. The van der Waals surface area contributed by atoms with Crippen LogP contribution in [0.1, 0.15) is 0 Å². The normalized spacial score (nSPS) is 12.2. The molecular formula is C49H31N2OP. The van der Waals surface area contributed by atoms with Crippen LogP contribution in [0.3, 0.4) is 0 Å². The molecule has 53 heavy (non-hydrogen) atoms. The van der Waals surface area contributed by atoms with Gasteiger partial charge in [-0.15, -0.1) is 0 Å². The molecule has 0 N–H and O–H groups in total. The highest BCUT2D eigenvalue weighted by Gasteiger charge is 2.34. The fourth-order valence-corrected chi connectivity index (χ4v) is 11.8. The van der Waals surface area contributed by atoms with Crippen molar-refractivity contribution in [3.63, 3.8) is 0 Å². The molecule has 0 saturated carbocycles. The first-order valence-electron chi connectivity index (χ1n) is 18.0. The molecule has 248 valence electrons. The third-order valence-electron chi connectivity index (χ3n) is 11.0. The average Bonchev–Trinajstić information content (AvgIpc) is 3.63. The molecule has 2 aromatic heterocycles. The maximum absolute atomic E-state index is 16.1. The molecule has 3 nitrogen and oxygen atoms in total. The van der Waals surface area contributed by atoms with Gasteiger partial charge in [0, 0.05) is 26.7 Å². The minimum atomic E-state index is -3.33. The number of benzene rings is 9. The average molecular weight is 695 g/mol. The largest absolute Gasteiger partial charge is 0.309 e. The molecule has 0 saturated heterocycles. The minimum Gasteiger partial charge on any atom is -0.309 e. The van der Waals surface area contributed by atoms with Gasteiger partial charge >= 0.3 is 0 Å². The third kappa shape index (κ3) is 4.29. The van der Waals surface area contributed by atoms with Crippen molar-refractivity contribution in [2.24, 2.45) is 0 Å². The molecule has 0 aliphatic carbocycles. The predicted molar refractivity (Wildman–Crippen MR) is 225 cm³/mol. The summed E-state index contributed by atoms with van der Waals surface area (Å²) in [6.45, 7) is 0. The summed E-state index contributed by atoms with van der Waals surface area (Å²) in [4.78, 5) is 5.27. The molecule has 0 bridgehead atoms. The second kappa shape index (κ2) is 11.5. The Morgan fingerprint density at radius 3 is 1.66 bits per heavy atom. The number of rotatable bonds is 4. The molecule has 0 amide bonds. The Balaban J connectivity index is 1.28. The summed E-state index contributed by atoms with van der Waals surface area (Å²) >= 11 is 0. The van der Waals surface area contributed by atoms with Crippen molar-refractivity contribution in [1.82, 2.24) is 9.38 Å². The van der Waals surface area contributed by atoms with E-state index in [2.05, 4.69) is 132 Å². The summed E-state index contributed by atoms with van der Waals surface area (Å²) < 4.78 is 18.5. The van der Waals surface area contributed by atoms with Crippen LogP contribution in [0.25, 0.3) is 81.8 Å². The monoisotopic (exact) mass is 694 g/mol. The Morgan fingerprint density at radius 2 is 0.981 bits per heavy atom. The zero-order chi connectivity index (χ0) is 35.1. The van der Waals surface area contributed by atoms with Gasteiger partial charge in [-0.2, -0.15) is 0 Å². The SMILES string of the molecule is O=P(c1ccccc1)(c1ccccc1)c1c2ccccc2c(-c2ccc3c4ccc5ccccc5c4c4nc5ccccc5n4c3c2)c2ccccc12. The predicted octanol–water partition coefficient (Wildman–Crippen LogP) is 11.6. The topological polar surface area (TPSA) is 34.4 Å². The molecule has 0 unspecified atom stereocenters. The van der Waals surface area contributed by atoms with Crippen molar-refractivity contribution >= 4 is 93.7 Å². The van der Waals surface area contributed by atoms with E-state index < -0.39 is 7.14 Å². The molecule has 0 atom stereocenters. The van der Waals surface area contributed by atoms with Gasteiger partial charge in [-0.05, 0) is 67.0 Å². The van der Waals surface area contributed by atoms with Crippen LogP contribution in [0, 0.1) is 0 Å². The number of fused-ring (bicyclic) bond motifs is 12. The van der Waals surface area contributed by atoms with Gasteiger partial charge in [0.1, 0.15) is 5.65 Å². The van der Waals surface area contributed by atoms with Crippen LogP contribution >= 0.6 is 7.14 Å². The number of para-hydroxylation sites is 2. The lowest BCUT2D eigenvalue weighted by molar-refractivity contribution is 0.593. The third-order valence-corrected chi connectivity index (χ3v) is 14.2. The van der Waals surface area contributed by atoms with Crippen LogP contribution in [0.2, 0.25) is 0 Å². The molecule has 0 aliphatic rings. The van der Waals surface area contributed by atoms with E-state index in [4.69, 9.17) is 4.98 Å². The van der Waals surface area contributed by atoms with Crippen molar-refractivity contribution < 1.29 is 4.57 Å². The summed E-state index contributed by atoms with van der Waals surface area (Å²) in [6, 6.07) is 65.4. The first kappa shape index (κ1) is 30.1. The maximum Gasteiger partial charge on any atom is 0.172 e. The van der Waals surface area contributed by atoms with E-state index in [1.807, 2.05) is 60.7 Å². The fraction of sp³-hybridized carbons (Fsp3) is 0. The van der Waals surface area contributed by atoms with Gasteiger partial charge < -0.3 is 4.57 Å². The number of aromatic nitrogens is 2. The Bertz CT molecular complexity index is 3210. The van der Waals surface area contributed by atoms with Gasteiger partial charge in [-0.1, -0.05) is 170 Å². The van der Waals surface area contributed by atoms with E-state index in [9.17, 15) is 0 Å². The van der Waals surface area contributed by atoms with Crippen LogP contribution in [-0.4, -0.2) is 9.38 Å².